The van der Waals surface area contributed by atoms with E-state index in [1.54, 1.807) is 0 Å². The molecule has 2 aliphatic rings. The van der Waals surface area contributed by atoms with Crippen molar-refractivity contribution < 1.29 is 29.0 Å². The van der Waals surface area contributed by atoms with Gasteiger partial charge in [-0.15, -0.1) is 0 Å². The third-order valence-electron chi connectivity index (χ3n) is 6.00. The van der Waals surface area contributed by atoms with Crippen LogP contribution in [-0.4, -0.2) is 67.4 Å². The third-order valence-corrected chi connectivity index (χ3v) is 6.00. The van der Waals surface area contributed by atoms with Crippen LogP contribution < -0.4 is 5.32 Å². The molecule has 2 aromatic carbocycles. The fourth-order valence-corrected chi connectivity index (χ4v) is 4.46. The van der Waals surface area contributed by atoms with E-state index in [1.807, 2.05) is 24.3 Å². The van der Waals surface area contributed by atoms with Crippen LogP contribution in [0.4, 0.5) is 4.79 Å². The second-order valence-electron chi connectivity index (χ2n) is 8.18. The summed E-state index contributed by atoms with van der Waals surface area (Å²) in [5.41, 5.74) is 4.62. The van der Waals surface area contributed by atoms with Gasteiger partial charge in [0.05, 0.1) is 18.6 Å². The van der Waals surface area contributed by atoms with E-state index in [0.717, 1.165) is 11.1 Å². The second kappa shape index (κ2) is 9.40. The molecule has 0 bridgehead atoms. The minimum atomic E-state index is -1.06. The van der Waals surface area contributed by atoms with Gasteiger partial charge in [-0.2, -0.15) is 0 Å². The highest BCUT2D eigenvalue weighted by Crippen LogP contribution is 2.44. The molecule has 2 aromatic rings. The maximum Gasteiger partial charge on any atom is 0.407 e. The van der Waals surface area contributed by atoms with Crippen molar-refractivity contribution in [1.82, 2.24) is 10.2 Å². The first-order valence-electron chi connectivity index (χ1n) is 10.6. The summed E-state index contributed by atoms with van der Waals surface area (Å²) < 4.78 is 11.1. The highest BCUT2D eigenvalue weighted by molar-refractivity contribution is 5.83. The average Bonchev–Trinajstić information content (AvgIpc) is 3.38. The van der Waals surface area contributed by atoms with Crippen molar-refractivity contribution in [3.05, 3.63) is 59.7 Å². The lowest BCUT2D eigenvalue weighted by atomic mass is 9.98. The second-order valence-corrected chi connectivity index (χ2v) is 8.18. The van der Waals surface area contributed by atoms with E-state index in [2.05, 4.69) is 29.6 Å². The number of hydrogen-bond donors (Lipinski definition) is 2. The number of amides is 2. The van der Waals surface area contributed by atoms with E-state index in [0.29, 0.717) is 6.42 Å². The molecule has 1 aliphatic carbocycles. The number of ether oxygens (including phenoxy) is 2. The molecule has 2 unspecified atom stereocenters. The Morgan fingerprint density at radius 1 is 1.09 bits per heavy atom. The summed E-state index contributed by atoms with van der Waals surface area (Å²) in [4.78, 5) is 36.5. The molecule has 8 nitrogen and oxygen atoms in total. The maximum absolute atomic E-state index is 12.3. The van der Waals surface area contributed by atoms with Crippen LogP contribution in [0.2, 0.25) is 0 Å². The lowest BCUT2D eigenvalue weighted by Crippen LogP contribution is -2.37. The number of nitrogens with zero attached hydrogens (tertiary/aromatic N) is 1. The first-order chi connectivity index (χ1) is 15.4. The first-order valence-corrected chi connectivity index (χ1v) is 10.6. The number of aliphatic carboxylic acids is 1. The molecule has 168 valence electrons. The zero-order valence-electron chi connectivity index (χ0n) is 17.8. The van der Waals surface area contributed by atoms with Gasteiger partial charge in [0.15, 0.2) is 0 Å². The Hall–Kier alpha value is -3.39. The summed E-state index contributed by atoms with van der Waals surface area (Å²) >= 11 is 0. The number of benzene rings is 2. The Balaban J connectivity index is 1.26. The van der Waals surface area contributed by atoms with Crippen molar-refractivity contribution in [3.63, 3.8) is 0 Å². The summed E-state index contributed by atoms with van der Waals surface area (Å²) in [6, 6.07) is 16.3. The van der Waals surface area contributed by atoms with E-state index in [-0.39, 0.29) is 44.2 Å². The van der Waals surface area contributed by atoms with Crippen LogP contribution in [0.3, 0.4) is 0 Å². The molecule has 0 radical (unpaired) electrons. The monoisotopic (exact) mass is 438 g/mol. The third kappa shape index (κ3) is 4.60. The fraction of sp³-hybridized carbons (Fsp3) is 0.375. The molecule has 1 saturated heterocycles. The highest BCUT2D eigenvalue weighted by atomic mass is 16.5. The Kier molecular flexibility index (Phi) is 6.41. The van der Waals surface area contributed by atoms with Gasteiger partial charge < -0.3 is 24.8 Å². The zero-order valence-corrected chi connectivity index (χ0v) is 17.8. The van der Waals surface area contributed by atoms with Gasteiger partial charge in [-0.05, 0) is 28.7 Å². The fourth-order valence-electron chi connectivity index (χ4n) is 4.46. The molecular weight excluding hydrogens is 412 g/mol. The smallest absolute Gasteiger partial charge is 0.407 e. The van der Waals surface area contributed by atoms with Gasteiger partial charge in [0, 0.05) is 19.5 Å². The molecule has 2 amide bonds. The SMILES string of the molecule is CN(CC(=O)O)C(=O)C1COC(CNC(=O)OCC2c3ccccc3-c3ccccc32)C1. The van der Waals surface area contributed by atoms with E-state index in [9.17, 15) is 14.4 Å². The summed E-state index contributed by atoms with van der Waals surface area (Å²) in [7, 11) is 1.46. The summed E-state index contributed by atoms with van der Waals surface area (Å²) in [6.07, 6.45) is -0.428. The van der Waals surface area contributed by atoms with Crippen LogP contribution in [0.25, 0.3) is 11.1 Å². The highest BCUT2D eigenvalue weighted by Gasteiger charge is 2.33. The molecule has 32 heavy (non-hydrogen) atoms. The first kappa shape index (κ1) is 21.8. The van der Waals surface area contributed by atoms with Gasteiger partial charge in [-0.3, -0.25) is 9.59 Å². The number of fused-ring (bicyclic) bond motifs is 3. The van der Waals surface area contributed by atoms with E-state index < -0.39 is 18.0 Å². The van der Waals surface area contributed by atoms with E-state index >= 15 is 0 Å². The van der Waals surface area contributed by atoms with Crippen molar-refractivity contribution >= 4 is 18.0 Å². The number of rotatable bonds is 7. The number of nitrogens with one attached hydrogen (secondary N) is 1. The lowest BCUT2D eigenvalue weighted by Gasteiger charge is -2.18. The quantitative estimate of drug-likeness (QED) is 0.688. The number of hydrogen-bond acceptors (Lipinski definition) is 5. The minimum absolute atomic E-state index is 0.0114. The molecule has 1 aliphatic heterocycles. The molecule has 4 rings (SSSR count). The van der Waals surface area contributed by atoms with Crippen LogP contribution in [-0.2, 0) is 19.1 Å². The van der Waals surface area contributed by atoms with Crippen LogP contribution in [0.1, 0.15) is 23.5 Å². The number of likely N-dealkylation sites (N-methyl/N-ethyl adjacent to an activating group) is 1. The normalized spacial score (nSPS) is 19.2. The molecule has 0 spiro atoms. The summed E-state index contributed by atoms with van der Waals surface area (Å²) in [5, 5.41) is 11.5. The average molecular weight is 438 g/mol. The molecule has 0 aromatic heterocycles. The lowest BCUT2D eigenvalue weighted by molar-refractivity contribution is -0.145. The van der Waals surface area contributed by atoms with Crippen molar-refractivity contribution in [2.24, 2.45) is 5.92 Å². The minimum Gasteiger partial charge on any atom is -0.480 e. The van der Waals surface area contributed by atoms with Crippen molar-refractivity contribution in [2.45, 2.75) is 18.4 Å². The number of carboxylic acids is 1. The largest absolute Gasteiger partial charge is 0.480 e. The van der Waals surface area contributed by atoms with Crippen LogP contribution in [0.5, 0.6) is 0 Å². The Labute approximate surface area is 186 Å². The van der Waals surface area contributed by atoms with Gasteiger partial charge in [0.2, 0.25) is 5.91 Å². The zero-order chi connectivity index (χ0) is 22.7. The standard InChI is InChI=1S/C24H26N2O6/c1-26(12-22(27)28)23(29)15-10-16(31-13-15)11-25-24(30)32-14-21-19-8-4-2-6-17(19)18-7-3-5-9-20(18)21/h2-9,15-16,21H,10-14H2,1H3,(H,25,30)(H,27,28). The van der Waals surface area contributed by atoms with Crippen LogP contribution >= 0.6 is 0 Å². The van der Waals surface area contributed by atoms with Crippen molar-refractivity contribution in [3.8, 4) is 11.1 Å². The number of alkyl carbamates (subject to hydrolysis) is 1. The van der Waals surface area contributed by atoms with Crippen LogP contribution in [0, 0.1) is 5.92 Å². The van der Waals surface area contributed by atoms with Gasteiger partial charge in [-0.25, -0.2) is 4.79 Å². The topological polar surface area (TPSA) is 105 Å². The van der Waals surface area contributed by atoms with Gasteiger partial charge in [0.25, 0.3) is 0 Å². The number of carbonyl (C=O) groups excluding carboxylic acids is 2. The Morgan fingerprint density at radius 3 is 2.34 bits per heavy atom. The molecule has 2 atom stereocenters. The molecule has 0 saturated carbocycles. The van der Waals surface area contributed by atoms with E-state index in [1.165, 1.54) is 23.1 Å². The molecule has 2 N–H and O–H groups in total. The van der Waals surface area contributed by atoms with Gasteiger partial charge in [-0.1, -0.05) is 48.5 Å². The maximum atomic E-state index is 12.3. The molecule has 1 fully saturated rings. The van der Waals surface area contributed by atoms with E-state index in [4.69, 9.17) is 14.6 Å². The van der Waals surface area contributed by atoms with Gasteiger partial charge in [0.1, 0.15) is 13.2 Å². The van der Waals surface area contributed by atoms with Crippen LogP contribution in [0.15, 0.2) is 48.5 Å². The number of carbonyl (C=O) groups is 3. The molecule has 1 heterocycles. The van der Waals surface area contributed by atoms with Crippen molar-refractivity contribution in [2.75, 3.05) is 33.4 Å². The predicted molar refractivity (Wildman–Crippen MR) is 116 cm³/mol. The summed E-state index contributed by atoms with van der Waals surface area (Å²) in [5.74, 6) is -1.75. The molecule has 8 heteroatoms. The molecular formula is C24H26N2O6. The Morgan fingerprint density at radius 2 is 1.72 bits per heavy atom. The van der Waals surface area contributed by atoms with Gasteiger partial charge >= 0.3 is 12.1 Å². The number of carboxylic acid groups (broad SMARTS) is 1. The van der Waals surface area contributed by atoms with Crippen molar-refractivity contribution in [1.29, 1.82) is 0 Å². The Bertz CT molecular complexity index is 978. The summed E-state index contributed by atoms with van der Waals surface area (Å²) in [6.45, 7) is 0.313. The predicted octanol–water partition coefficient (Wildman–Crippen LogP) is 2.47.